The lowest BCUT2D eigenvalue weighted by Crippen LogP contribution is -2.40. The fourth-order valence-corrected chi connectivity index (χ4v) is 4.84. The Balaban J connectivity index is 1.44. The molecule has 4 rings (SSSR count). The molecular formula is C29H37N3O2. The third kappa shape index (κ3) is 5.84. The van der Waals surface area contributed by atoms with Crippen LogP contribution in [0.1, 0.15) is 56.1 Å². The highest BCUT2D eigenvalue weighted by Crippen LogP contribution is 2.34. The molecule has 0 aromatic heterocycles. The molecule has 5 nitrogen and oxygen atoms in total. The number of hydrogen-bond donors (Lipinski definition) is 3. The molecule has 0 spiro atoms. The molecule has 0 heterocycles. The molecule has 3 aromatic rings. The van der Waals surface area contributed by atoms with E-state index in [1.807, 2.05) is 12.1 Å². The van der Waals surface area contributed by atoms with Crippen LogP contribution in [-0.4, -0.2) is 31.6 Å². The van der Waals surface area contributed by atoms with Gasteiger partial charge in [0.25, 0.3) is 0 Å². The number of carbonyl (C=O) groups excluding carboxylic acids is 1. The van der Waals surface area contributed by atoms with Gasteiger partial charge in [0.15, 0.2) is 0 Å². The number of unbranched alkanes of at least 4 members (excludes halogenated alkanes) is 4. The molecular weight excluding hydrogens is 422 g/mol. The Labute approximate surface area is 202 Å². The van der Waals surface area contributed by atoms with Crippen LogP contribution in [-0.2, 0) is 11.2 Å². The minimum absolute atomic E-state index is 0.219. The quantitative estimate of drug-likeness (QED) is 0.144. The van der Waals surface area contributed by atoms with Gasteiger partial charge in [0.1, 0.15) is 11.8 Å². The van der Waals surface area contributed by atoms with Crippen molar-refractivity contribution in [3.8, 4) is 5.75 Å². The summed E-state index contributed by atoms with van der Waals surface area (Å²) in [6.45, 7) is 2.18. The average molecular weight is 460 g/mol. The minimum Gasteiger partial charge on any atom is -0.425 e. The van der Waals surface area contributed by atoms with Crippen LogP contribution in [0.5, 0.6) is 5.75 Å². The molecule has 0 unspecified atom stereocenters. The van der Waals surface area contributed by atoms with Gasteiger partial charge in [-0.05, 0) is 96.5 Å². The van der Waals surface area contributed by atoms with E-state index in [1.54, 1.807) is 0 Å². The van der Waals surface area contributed by atoms with Crippen molar-refractivity contribution in [3.63, 3.8) is 0 Å². The summed E-state index contributed by atoms with van der Waals surface area (Å²) in [5.74, 6) is 0.372. The maximum absolute atomic E-state index is 13.0. The fraction of sp³-hybridized carbons (Fsp3) is 0.414. The first-order valence-corrected chi connectivity index (χ1v) is 12.7. The van der Waals surface area contributed by atoms with Crippen LogP contribution >= 0.6 is 0 Å². The van der Waals surface area contributed by atoms with Gasteiger partial charge in [0, 0.05) is 0 Å². The second-order valence-corrected chi connectivity index (χ2v) is 9.20. The van der Waals surface area contributed by atoms with Crippen molar-refractivity contribution in [2.24, 2.45) is 11.5 Å². The van der Waals surface area contributed by atoms with Crippen LogP contribution < -0.4 is 21.5 Å². The molecule has 0 amide bonds. The van der Waals surface area contributed by atoms with E-state index in [2.05, 4.69) is 47.8 Å². The van der Waals surface area contributed by atoms with Crippen LogP contribution in [0, 0.1) is 0 Å². The molecule has 3 aromatic carbocycles. The first-order valence-electron chi connectivity index (χ1n) is 12.7. The first kappa shape index (κ1) is 24.4. The number of rotatable bonds is 13. The van der Waals surface area contributed by atoms with E-state index >= 15 is 0 Å². The summed E-state index contributed by atoms with van der Waals surface area (Å²) in [5, 5.41) is 8.22. The van der Waals surface area contributed by atoms with Crippen LogP contribution in [0.4, 0.5) is 0 Å². The van der Waals surface area contributed by atoms with Gasteiger partial charge in [-0.1, -0.05) is 61.7 Å². The number of ether oxygens (including phenoxy) is 1. The summed E-state index contributed by atoms with van der Waals surface area (Å²) < 4.78 is 5.84. The van der Waals surface area contributed by atoms with E-state index in [0.29, 0.717) is 12.3 Å². The predicted octanol–water partition coefficient (Wildman–Crippen LogP) is 5.07. The van der Waals surface area contributed by atoms with Crippen molar-refractivity contribution in [2.45, 2.75) is 57.4 Å². The van der Waals surface area contributed by atoms with E-state index in [-0.39, 0.29) is 12.0 Å². The monoisotopic (exact) mass is 459 g/mol. The molecule has 1 aliphatic carbocycles. The molecule has 1 atom stereocenters. The maximum atomic E-state index is 13.0. The molecule has 180 valence electrons. The van der Waals surface area contributed by atoms with Crippen molar-refractivity contribution < 1.29 is 9.53 Å². The standard InChI is InChI=1S/C29H37N3O2/c30-17-4-1-2-6-19-32-28(10-3-5-18-31)29(33)34-23-13-16-25-22(20-23)12-15-26-24-9-7-8-21(24)11-14-27(25)26/h7-8,11-16,20,28,32H,1-6,9-10,17-19,30-31H2/t28-/m0/s1. The number of nitrogens with two attached hydrogens (primary N) is 2. The zero-order chi connectivity index (χ0) is 23.8. The Bertz CT molecular complexity index is 1160. The van der Waals surface area contributed by atoms with Crippen molar-refractivity contribution in [1.82, 2.24) is 5.32 Å². The lowest BCUT2D eigenvalue weighted by Gasteiger charge is -2.18. The second-order valence-electron chi connectivity index (χ2n) is 9.20. The number of allylic oxidation sites excluding steroid dienone is 1. The number of esters is 1. The molecule has 34 heavy (non-hydrogen) atoms. The minimum atomic E-state index is -0.316. The molecule has 0 saturated carbocycles. The first-order chi connectivity index (χ1) is 16.7. The van der Waals surface area contributed by atoms with Crippen molar-refractivity contribution in [3.05, 3.63) is 59.7 Å². The maximum Gasteiger partial charge on any atom is 0.328 e. The molecule has 5 N–H and O–H groups in total. The van der Waals surface area contributed by atoms with E-state index < -0.39 is 0 Å². The van der Waals surface area contributed by atoms with Gasteiger partial charge in [-0.2, -0.15) is 0 Å². The number of fused-ring (bicyclic) bond motifs is 5. The number of carbonyl (C=O) groups is 1. The third-order valence-corrected chi connectivity index (χ3v) is 6.73. The lowest BCUT2D eigenvalue weighted by atomic mass is 9.96. The normalized spacial score (nSPS) is 13.5. The summed E-state index contributed by atoms with van der Waals surface area (Å²) >= 11 is 0. The summed E-state index contributed by atoms with van der Waals surface area (Å²) in [6.07, 6.45) is 12.3. The van der Waals surface area contributed by atoms with E-state index in [4.69, 9.17) is 16.2 Å². The van der Waals surface area contributed by atoms with Gasteiger partial charge in [-0.3, -0.25) is 0 Å². The van der Waals surface area contributed by atoms with Crippen molar-refractivity contribution in [2.75, 3.05) is 19.6 Å². The van der Waals surface area contributed by atoms with Crippen molar-refractivity contribution in [1.29, 1.82) is 0 Å². The Morgan fingerprint density at radius 3 is 2.50 bits per heavy atom. The van der Waals surface area contributed by atoms with E-state index in [0.717, 1.165) is 69.8 Å². The molecule has 0 aliphatic heterocycles. The SMILES string of the molecule is NCCCCCCN[C@@H](CCCCN)C(=O)Oc1ccc2c(ccc3c4c(ccc32)C=CC4)c1. The van der Waals surface area contributed by atoms with E-state index in [9.17, 15) is 4.79 Å². The van der Waals surface area contributed by atoms with Crippen LogP contribution in [0.3, 0.4) is 0 Å². The second kappa shape index (κ2) is 12.1. The number of hydrogen-bond acceptors (Lipinski definition) is 5. The highest BCUT2D eigenvalue weighted by atomic mass is 16.5. The fourth-order valence-electron chi connectivity index (χ4n) is 4.84. The Morgan fingerprint density at radius 1 is 0.882 bits per heavy atom. The molecule has 1 aliphatic rings. The summed E-state index contributed by atoms with van der Waals surface area (Å²) in [4.78, 5) is 13.0. The molecule has 5 heteroatoms. The Hall–Kier alpha value is -2.73. The van der Waals surface area contributed by atoms with Gasteiger partial charge >= 0.3 is 5.97 Å². The van der Waals surface area contributed by atoms with Crippen LogP contribution in [0.2, 0.25) is 0 Å². The Kier molecular flexibility index (Phi) is 8.69. The van der Waals surface area contributed by atoms with Gasteiger partial charge in [0.05, 0.1) is 0 Å². The molecule has 0 fully saturated rings. The number of benzene rings is 3. The van der Waals surface area contributed by atoms with Crippen molar-refractivity contribution >= 4 is 33.6 Å². The van der Waals surface area contributed by atoms with Crippen LogP contribution in [0.15, 0.2) is 48.5 Å². The van der Waals surface area contributed by atoms with Gasteiger partial charge in [-0.25, -0.2) is 4.79 Å². The van der Waals surface area contributed by atoms with Gasteiger partial charge in [0.2, 0.25) is 0 Å². The summed E-state index contributed by atoms with van der Waals surface area (Å²) in [6, 6.07) is 14.4. The van der Waals surface area contributed by atoms with Gasteiger partial charge in [-0.15, -0.1) is 0 Å². The van der Waals surface area contributed by atoms with Crippen LogP contribution in [0.25, 0.3) is 27.6 Å². The largest absolute Gasteiger partial charge is 0.425 e. The predicted molar refractivity (Wildman–Crippen MR) is 142 cm³/mol. The smallest absolute Gasteiger partial charge is 0.328 e. The zero-order valence-electron chi connectivity index (χ0n) is 20.0. The molecule has 0 saturated heterocycles. The highest BCUT2D eigenvalue weighted by Gasteiger charge is 2.20. The Morgan fingerprint density at radius 2 is 1.65 bits per heavy atom. The molecule has 0 bridgehead atoms. The molecule has 0 radical (unpaired) electrons. The van der Waals surface area contributed by atoms with E-state index in [1.165, 1.54) is 27.3 Å². The topological polar surface area (TPSA) is 90.4 Å². The third-order valence-electron chi connectivity index (χ3n) is 6.73. The number of nitrogens with one attached hydrogen (secondary N) is 1. The van der Waals surface area contributed by atoms with Gasteiger partial charge < -0.3 is 21.5 Å². The summed E-state index contributed by atoms with van der Waals surface area (Å²) in [7, 11) is 0. The summed E-state index contributed by atoms with van der Waals surface area (Å²) in [5.41, 5.74) is 13.9. The average Bonchev–Trinajstić information content (AvgIpc) is 3.34. The zero-order valence-corrected chi connectivity index (χ0v) is 20.0. The lowest BCUT2D eigenvalue weighted by molar-refractivity contribution is -0.137. The highest BCUT2D eigenvalue weighted by molar-refractivity contribution is 6.10.